The molecule has 0 radical (unpaired) electrons. The summed E-state index contributed by atoms with van der Waals surface area (Å²) in [5.41, 5.74) is 1.03. The van der Waals surface area contributed by atoms with Gasteiger partial charge in [-0.25, -0.2) is 0 Å². The van der Waals surface area contributed by atoms with E-state index in [4.69, 9.17) is 16.3 Å². The second-order valence-electron chi connectivity index (χ2n) is 5.54. The Bertz CT molecular complexity index is 749. The molecule has 5 nitrogen and oxygen atoms in total. The van der Waals surface area contributed by atoms with Crippen LogP contribution >= 0.6 is 11.6 Å². The molecule has 0 aliphatic carbocycles. The van der Waals surface area contributed by atoms with E-state index in [-0.39, 0.29) is 11.8 Å². The molecule has 0 fully saturated rings. The van der Waals surface area contributed by atoms with Crippen LogP contribution in [0.15, 0.2) is 48.5 Å². The van der Waals surface area contributed by atoms with Gasteiger partial charge in [-0.15, -0.1) is 0 Å². The lowest BCUT2D eigenvalue weighted by molar-refractivity contribution is -0.122. The van der Waals surface area contributed by atoms with Gasteiger partial charge in [0.25, 0.3) is 11.8 Å². The van der Waals surface area contributed by atoms with E-state index < -0.39 is 6.10 Å². The van der Waals surface area contributed by atoms with E-state index in [2.05, 4.69) is 10.6 Å². The normalized spacial score (nSPS) is 11.5. The molecular weight excluding hydrogens is 340 g/mol. The van der Waals surface area contributed by atoms with Crippen LogP contribution in [0.3, 0.4) is 0 Å². The molecule has 132 valence electrons. The molecule has 0 spiro atoms. The van der Waals surface area contributed by atoms with Crippen molar-refractivity contribution in [2.45, 2.75) is 26.4 Å². The number of amides is 2. The van der Waals surface area contributed by atoms with Crippen LogP contribution in [0.4, 0.5) is 5.69 Å². The zero-order valence-corrected chi connectivity index (χ0v) is 15.0. The van der Waals surface area contributed by atoms with E-state index in [0.717, 1.165) is 6.42 Å². The number of carbonyl (C=O) groups excluding carboxylic acids is 2. The highest BCUT2D eigenvalue weighted by Crippen LogP contribution is 2.19. The number of halogens is 1. The maximum absolute atomic E-state index is 12.3. The van der Waals surface area contributed by atoms with Crippen molar-refractivity contribution in [3.63, 3.8) is 0 Å². The summed E-state index contributed by atoms with van der Waals surface area (Å²) >= 11 is 5.90. The number of hydrogen-bond donors (Lipinski definition) is 2. The summed E-state index contributed by atoms with van der Waals surface area (Å²) in [6.45, 7) is 4.24. The minimum absolute atomic E-state index is 0.166. The van der Waals surface area contributed by atoms with Crippen molar-refractivity contribution in [3.8, 4) is 5.75 Å². The maximum Gasteiger partial charge on any atom is 0.265 e. The zero-order valence-electron chi connectivity index (χ0n) is 14.2. The molecular formula is C19H21ClN2O3. The predicted molar refractivity (Wildman–Crippen MR) is 99.2 cm³/mol. The highest BCUT2D eigenvalue weighted by Gasteiger charge is 2.15. The summed E-state index contributed by atoms with van der Waals surface area (Å²) in [5, 5.41) is 6.09. The second kappa shape index (κ2) is 9.08. The lowest BCUT2D eigenvalue weighted by Crippen LogP contribution is -2.30. The van der Waals surface area contributed by atoms with Gasteiger partial charge < -0.3 is 15.4 Å². The monoisotopic (exact) mass is 360 g/mol. The topological polar surface area (TPSA) is 67.4 Å². The van der Waals surface area contributed by atoms with Crippen molar-refractivity contribution in [1.29, 1.82) is 0 Å². The van der Waals surface area contributed by atoms with Crippen LogP contribution in [-0.2, 0) is 4.79 Å². The number of anilines is 1. The first-order chi connectivity index (χ1) is 12.0. The Hall–Kier alpha value is -2.53. The fraction of sp³-hybridized carbons (Fsp3) is 0.263. The third kappa shape index (κ3) is 5.80. The van der Waals surface area contributed by atoms with Gasteiger partial charge in [-0.05, 0) is 49.7 Å². The minimum atomic E-state index is -0.712. The van der Waals surface area contributed by atoms with Crippen LogP contribution in [0.25, 0.3) is 0 Å². The number of ether oxygens (including phenoxy) is 1. The highest BCUT2D eigenvalue weighted by molar-refractivity contribution is 6.30. The van der Waals surface area contributed by atoms with Crippen molar-refractivity contribution >= 4 is 29.1 Å². The van der Waals surface area contributed by atoms with Crippen molar-refractivity contribution in [3.05, 3.63) is 59.1 Å². The fourth-order valence-corrected chi connectivity index (χ4v) is 2.30. The molecule has 0 aliphatic rings. The number of nitrogens with one attached hydrogen (secondary N) is 2. The maximum atomic E-state index is 12.3. The summed E-state index contributed by atoms with van der Waals surface area (Å²) in [7, 11) is 0. The molecule has 0 aromatic heterocycles. The van der Waals surface area contributed by atoms with Crippen LogP contribution in [0.2, 0.25) is 5.02 Å². The molecule has 2 N–H and O–H groups in total. The van der Waals surface area contributed by atoms with Gasteiger partial charge in [0.15, 0.2) is 6.10 Å². The molecule has 0 bridgehead atoms. The SMILES string of the molecule is CCCNC(=O)c1cccc(NC(=O)C(C)Oc2cccc(Cl)c2)c1. The van der Waals surface area contributed by atoms with Crippen LogP contribution in [0.1, 0.15) is 30.6 Å². The van der Waals surface area contributed by atoms with Gasteiger partial charge in [0.05, 0.1) is 0 Å². The van der Waals surface area contributed by atoms with E-state index >= 15 is 0 Å². The Morgan fingerprint density at radius 3 is 2.64 bits per heavy atom. The fourth-order valence-electron chi connectivity index (χ4n) is 2.12. The second-order valence-corrected chi connectivity index (χ2v) is 5.98. The first-order valence-electron chi connectivity index (χ1n) is 8.11. The Kier molecular flexibility index (Phi) is 6.83. The van der Waals surface area contributed by atoms with Gasteiger partial charge >= 0.3 is 0 Å². The standard InChI is InChI=1S/C19H21ClN2O3/c1-3-10-21-19(24)14-6-4-8-16(11-14)22-18(23)13(2)25-17-9-5-7-15(20)12-17/h4-9,11-13H,3,10H2,1-2H3,(H,21,24)(H,22,23). The Labute approximate surface area is 152 Å². The van der Waals surface area contributed by atoms with Crippen molar-refractivity contribution in [2.24, 2.45) is 0 Å². The molecule has 0 saturated heterocycles. The molecule has 6 heteroatoms. The summed E-state index contributed by atoms with van der Waals surface area (Å²) in [5.74, 6) is 0.0371. The van der Waals surface area contributed by atoms with Gasteiger partial charge in [0.2, 0.25) is 0 Å². The van der Waals surface area contributed by atoms with Gasteiger partial charge in [0.1, 0.15) is 5.75 Å². The zero-order chi connectivity index (χ0) is 18.2. The van der Waals surface area contributed by atoms with Crippen molar-refractivity contribution in [2.75, 3.05) is 11.9 Å². The van der Waals surface area contributed by atoms with Crippen LogP contribution in [0.5, 0.6) is 5.75 Å². The first-order valence-corrected chi connectivity index (χ1v) is 8.48. The summed E-state index contributed by atoms with van der Waals surface area (Å²) in [4.78, 5) is 24.3. The third-order valence-corrected chi connectivity index (χ3v) is 3.64. The van der Waals surface area contributed by atoms with E-state index in [1.54, 1.807) is 55.5 Å². The average Bonchev–Trinajstić information content (AvgIpc) is 2.59. The number of benzene rings is 2. The third-order valence-electron chi connectivity index (χ3n) is 3.41. The quantitative estimate of drug-likeness (QED) is 0.787. The van der Waals surface area contributed by atoms with Gasteiger partial charge in [-0.2, -0.15) is 0 Å². The lowest BCUT2D eigenvalue weighted by atomic mass is 10.2. The van der Waals surface area contributed by atoms with Crippen molar-refractivity contribution < 1.29 is 14.3 Å². The molecule has 2 amide bonds. The van der Waals surface area contributed by atoms with E-state index in [1.165, 1.54) is 0 Å². The van der Waals surface area contributed by atoms with Crippen molar-refractivity contribution in [1.82, 2.24) is 5.32 Å². The van der Waals surface area contributed by atoms with Gasteiger partial charge in [-0.1, -0.05) is 30.7 Å². The molecule has 0 heterocycles. The van der Waals surface area contributed by atoms with Crippen LogP contribution < -0.4 is 15.4 Å². The largest absolute Gasteiger partial charge is 0.481 e. The first kappa shape index (κ1) is 18.8. The Morgan fingerprint density at radius 1 is 1.16 bits per heavy atom. The lowest BCUT2D eigenvalue weighted by Gasteiger charge is -2.15. The van der Waals surface area contributed by atoms with Crippen LogP contribution in [0, 0.1) is 0 Å². The molecule has 1 unspecified atom stereocenters. The smallest absolute Gasteiger partial charge is 0.265 e. The Morgan fingerprint density at radius 2 is 1.92 bits per heavy atom. The summed E-state index contributed by atoms with van der Waals surface area (Å²) < 4.78 is 5.58. The molecule has 0 saturated carbocycles. The Balaban J connectivity index is 1.98. The average molecular weight is 361 g/mol. The van der Waals surface area contributed by atoms with Gasteiger partial charge in [-0.3, -0.25) is 9.59 Å². The van der Waals surface area contributed by atoms with E-state index in [1.807, 2.05) is 6.92 Å². The molecule has 0 aliphatic heterocycles. The van der Waals surface area contributed by atoms with Gasteiger partial charge in [0, 0.05) is 22.8 Å². The highest BCUT2D eigenvalue weighted by atomic mass is 35.5. The predicted octanol–water partition coefficient (Wildman–Crippen LogP) is 3.89. The number of carbonyl (C=O) groups is 2. The molecule has 2 aromatic carbocycles. The van der Waals surface area contributed by atoms with E-state index in [9.17, 15) is 9.59 Å². The van der Waals surface area contributed by atoms with E-state index in [0.29, 0.717) is 28.6 Å². The van der Waals surface area contributed by atoms with Crippen LogP contribution in [-0.4, -0.2) is 24.5 Å². The molecule has 1 atom stereocenters. The summed E-state index contributed by atoms with van der Waals surface area (Å²) in [6.07, 6.45) is 0.150. The minimum Gasteiger partial charge on any atom is -0.481 e. The molecule has 2 aromatic rings. The molecule has 25 heavy (non-hydrogen) atoms. The number of rotatable bonds is 7. The number of hydrogen-bond acceptors (Lipinski definition) is 3. The molecule has 2 rings (SSSR count). The summed E-state index contributed by atoms with van der Waals surface area (Å²) in [6, 6.07) is 13.6.